The molecule has 0 aliphatic heterocycles. The number of Topliss-reactive ketones (excluding diaryl/α,β-unsaturated/α-hetero) is 1. The van der Waals surface area contributed by atoms with Crippen molar-refractivity contribution in [3.05, 3.63) is 127 Å². The van der Waals surface area contributed by atoms with Crippen LogP contribution in [-0.2, 0) is 25.6 Å². The molecule has 0 radical (unpaired) electrons. The van der Waals surface area contributed by atoms with Crippen molar-refractivity contribution < 1.29 is 33.4 Å². The van der Waals surface area contributed by atoms with Gasteiger partial charge in [-0.3, -0.25) is 4.79 Å². The first-order chi connectivity index (χ1) is 23.0. The Morgan fingerprint density at radius 1 is 0.510 bits per heavy atom. The van der Waals surface area contributed by atoms with Crippen LogP contribution >= 0.6 is 0 Å². The second kappa shape index (κ2) is 14.9. The van der Waals surface area contributed by atoms with Crippen LogP contribution in [0.5, 0.6) is 17.2 Å². The van der Waals surface area contributed by atoms with E-state index in [0.29, 0.717) is 5.75 Å². The Labute approximate surface area is 287 Å². The highest BCUT2D eigenvalue weighted by atomic mass is 16.6. The van der Waals surface area contributed by atoms with Gasteiger partial charge in [-0.05, 0) is 84.0 Å². The summed E-state index contributed by atoms with van der Waals surface area (Å²) in [5, 5.41) is 0. The van der Waals surface area contributed by atoms with E-state index in [4.69, 9.17) is 14.2 Å². The van der Waals surface area contributed by atoms with Crippen molar-refractivity contribution in [1.82, 2.24) is 0 Å². The number of rotatable bonds is 11. The van der Waals surface area contributed by atoms with Crippen LogP contribution in [0.25, 0.3) is 33.4 Å². The van der Waals surface area contributed by atoms with E-state index in [2.05, 4.69) is 19.7 Å². The number of ketones is 1. The maximum Gasteiger partial charge on any atom is 0.338 e. The molecule has 250 valence electrons. The molecular weight excluding hydrogens is 616 g/mol. The summed E-state index contributed by atoms with van der Waals surface area (Å²) in [7, 11) is 0. The van der Waals surface area contributed by atoms with Gasteiger partial charge in [-0.15, -0.1) is 0 Å². The van der Waals surface area contributed by atoms with E-state index in [-0.39, 0.29) is 40.4 Å². The molecule has 0 spiro atoms. The third-order valence-corrected chi connectivity index (χ3v) is 7.54. The summed E-state index contributed by atoms with van der Waals surface area (Å²) in [4.78, 5) is 49.6. The highest BCUT2D eigenvalue weighted by molar-refractivity contribution is 5.92. The van der Waals surface area contributed by atoms with Crippen LogP contribution in [0.15, 0.2) is 121 Å². The van der Waals surface area contributed by atoms with Crippen LogP contribution < -0.4 is 14.2 Å². The molecule has 4 aromatic carbocycles. The third-order valence-electron chi connectivity index (χ3n) is 7.54. The number of esters is 3. The zero-order chi connectivity index (χ0) is 36.0. The number of benzene rings is 4. The molecule has 0 N–H and O–H groups in total. The number of hydrogen-bond donors (Lipinski definition) is 0. The maximum atomic E-state index is 12.8. The zero-order valence-electron chi connectivity index (χ0n) is 28.8. The van der Waals surface area contributed by atoms with Crippen LogP contribution in [0, 0.1) is 5.41 Å². The zero-order valence-corrected chi connectivity index (χ0v) is 28.8. The van der Waals surface area contributed by atoms with E-state index in [1.54, 1.807) is 37.3 Å². The van der Waals surface area contributed by atoms with Gasteiger partial charge >= 0.3 is 17.9 Å². The van der Waals surface area contributed by atoms with E-state index < -0.39 is 23.3 Å². The third kappa shape index (κ3) is 9.39. The SMILES string of the molecule is C=C(C)C(=O)Oc1cc(CC(=O)C(C)(C)C)cc(-c2ccc(-c3ccc(-c4ccc(OC(=O)C(=C)C)c(OC(=O)C(=C)C)c4)cc3)cc2)c1. The average Bonchev–Trinajstić information content (AvgIpc) is 3.05. The minimum atomic E-state index is -0.641. The van der Waals surface area contributed by atoms with Crippen molar-refractivity contribution in [2.24, 2.45) is 5.41 Å². The predicted octanol–water partition coefficient (Wildman–Crippen LogP) is 9.29. The van der Waals surface area contributed by atoms with Crippen LogP contribution in [0.4, 0.5) is 0 Å². The Kier molecular flexibility index (Phi) is 11.0. The van der Waals surface area contributed by atoms with Crippen molar-refractivity contribution in [3.8, 4) is 50.6 Å². The molecule has 0 aliphatic carbocycles. The van der Waals surface area contributed by atoms with Gasteiger partial charge in [0, 0.05) is 28.6 Å². The topological polar surface area (TPSA) is 96.0 Å². The number of carbonyl (C=O) groups excluding carboxylic acids is 4. The van der Waals surface area contributed by atoms with Crippen molar-refractivity contribution in [3.63, 3.8) is 0 Å². The van der Waals surface area contributed by atoms with Crippen molar-refractivity contribution >= 4 is 23.7 Å². The fourth-order valence-electron chi connectivity index (χ4n) is 4.57. The quantitative estimate of drug-likeness (QED) is 0.0902. The van der Waals surface area contributed by atoms with Crippen molar-refractivity contribution in [1.29, 1.82) is 0 Å². The molecule has 0 atom stereocenters. The molecule has 0 aromatic heterocycles. The lowest BCUT2D eigenvalue weighted by molar-refractivity contribution is -0.132. The van der Waals surface area contributed by atoms with Gasteiger partial charge in [0.05, 0.1) is 0 Å². The Hall–Kier alpha value is -5.82. The van der Waals surface area contributed by atoms with Crippen LogP contribution in [0.1, 0.15) is 47.1 Å². The highest BCUT2D eigenvalue weighted by Gasteiger charge is 2.22. The summed E-state index contributed by atoms with van der Waals surface area (Å²) >= 11 is 0. The molecule has 0 saturated carbocycles. The Morgan fingerprint density at radius 3 is 1.39 bits per heavy atom. The monoisotopic (exact) mass is 656 g/mol. The predicted molar refractivity (Wildman–Crippen MR) is 192 cm³/mol. The van der Waals surface area contributed by atoms with E-state index in [9.17, 15) is 19.2 Å². The summed E-state index contributed by atoms with van der Waals surface area (Å²) in [6, 6.07) is 26.2. The molecule has 7 heteroatoms. The van der Waals surface area contributed by atoms with E-state index >= 15 is 0 Å². The smallest absolute Gasteiger partial charge is 0.338 e. The van der Waals surface area contributed by atoms with Gasteiger partial charge in [-0.1, -0.05) is 101 Å². The van der Waals surface area contributed by atoms with Gasteiger partial charge in [-0.25, -0.2) is 14.4 Å². The van der Waals surface area contributed by atoms with Gasteiger partial charge in [0.25, 0.3) is 0 Å². The minimum absolute atomic E-state index is 0.0758. The second-order valence-electron chi connectivity index (χ2n) is 13.0. The molecule has 0 saturated heterocycles. The molecule has 0 fully saturated rings. The lowest BCUT2D eigenvalue weighted by Crippen LogP contribution is -2.22. The molecule has 0 heterocycles. The van der Waals surface area contributed by atoms with Gasteiger partial charge in [-0.2, -0.15) is 0 Å². The van der Waals surface area contributed by atoms with Gasteiger partial charge < -0.3 is 14.2 Å². The average molecular weight is 657 g/mol. The molecule has 4 aromatic rings. The molecule has 49 heavy (non-hydrogen) atoms. The standard InChI is InChI=1S/C42H40O7/c1-25(2)39(44)47-35-21-28(22-38(43)42(7,8)9)20-34(23-35)32-16-12-30(13-17-32)29-10-14-31(15-11-29)33-18-19-36(48-40(45)26(3)4)37(24-33)49-41(46)27(5)6/h10-21,23-24H,1,3,5,22H2,2,4,6-9H3. The Bertz CT molecular complexity index is 1970. The number of hydrogen-bond acceptors (Lipinski definition) is 7. The molecule has 0 aliphatic rings. The molecular formula is C42H40O7. The van der Waals surface area contributed by atoms with Gasteiger partial charge in [0.1, 0.15) is 11.5 Å². The first-order valence-electron chi connectivity index (χ1n) is 15.7. The molecule has 4 rings (SSSR count). The normalized spacial score (nSPS) is 10.9. The molecule has 0 amide bonds. The summed E-state index contributed by atoms with van der Waals surface area (Å²) in [5.41, 5.74) is 6.17. The molecule has 0 unspecified atom stereocenters. The second-order valence-corrected chi connectivity index (χ2v) is 13.0. The summed E-state index contributed by atoms with van der Waals surface area (Å²) in [6.07, 6.45) is 0.208. The van der Waals surface area contributed by atoms with E-state index in [1.165, 1.54) is 13.8 Å². The van der Waals surface area contributed by atoms with Crippen molar-refractivity contribution in [2.45, 2.75) is 48.0 Å². The Balaban J connectivity index is 1.61. The first kappa shape index (κ1) is 36.0. The summed E-state index contributed by atoms with van der Waals surface area (Å²) in [6.45, 7) is 21.2. The van der Waals surface area contributed by atoms with E-state index in [1.807, 2.05) is 75.4 Å². The van der Waals surface area contributed by atoms with Gasteiger partial charge in [0.15, 0.2) is 11.5 Å². The van der Waals surface area contributed by atoms with Crippen molar-refractivity contribution in [2.75, 3.05) is 0 Å². The van der Waals surface area contributed by atoms with Crippen LogP contribution in [0.2, 0.25) is 0 Å². The first-order valence-corrected chi connectivity index (χ1v) is 15.7. The lowest BCUT2D eigenvalue weighted by Gasteiger charge is -2.17. The van der Waals surface area contributed by atoms with E-state index in [0.717, 1.165) is 38.9 Å². The fourth-order valence-corrected chi connectivity index (χ4v) is 4.57. The van der Waals surface area contributed by atoms with Crippen LogP contribution in [-0.4, -0.2) is 23.7 Å². The largest absolute Gasteiger partial charge is 0.423 e. The minimum Gasteiger partial charge on any atom is -0.423 e. The highest BCUT2D eigenvalue weighted by Crippen LogP contribution is 2.35. The summed E-state index contributed by atoms with van der Waals surface area (Å²) < 4.78 is 16.4. The Morgan fingerprint density at radius 2 is 0.918 bits per heavy atom. The lowest BCUT2D eigenvalue weighted by atomic mass is 9.86. The van der Waals surface area contributed by atoms with Crippen LogP contribution in [0.3, 0.4) is 0 Å². The fraction of sp³-hybridized carbons (Fsp3) is 0.190. The number of carbonyl (C=O) groups is 4. The number of ether oxygens (including phenoxy) is 3. The molecule has 7 nitrogen and oxygen atoms in total. The summed E-state index contributed by atoms with van der Waals surface area (Å²) in [5.74, 6) is -1.20. The van der Waals surface area contributed by atoms with Gasteiger partial charge in [0.2, 0.25) is 0 Å². The molecule has 0 bridgehead atoms. The maximum absolute atomic E-state index is 12.8.